The molecule has 9 nitrogen and oxygen atoms in total. The summed E-state index contributed by atoms with van der Waals surface area (Å²) in [4.78, 5) is 28.1. The number of guanidine groups is 1. The van der Waals surface area contributed by atoms with E-state index < -0.39 is 89.7 Å². The van der Waals surface area contributed by atoms with E-state index in [0.717, 1.165) is 15.7 Å². The quantitative estimate of drug-likeness (QED) is 0.340. The van der Waals surface area contributed by atoms with Gasteiger partial charge in [-0.25, -0.2) is 5.53 Å². The lowest BCUT2D eigenvalue weighted by molar-refractivity contribution is -0.228. The number of benzene rings is 2. The highest BCUT2D eigenvalue weighted by Crippen LogP contribution is 2.56. The minimum absolute atomic E-state index is 0.00842. The van der Waals surface area contributed by atoms with Crippen molar-refractivity contribution in [3.05, 3.63) is 64.7 Å². The van der Waals surface area contributed by atoms with Crippen molar-refractivity contribution in [3.63, 3.8) is 0 Å². The van der Waals surface area contributed by atoms with E-state index in [4.69, 9.17) is 5.73 Å². The molecule has 2 heterocycles. The van der Waals surface area contributed by atoms with Crippen molar-refractivity contribution in [1.29, 1.82) is 0 Å². The van der Waals surface area contributed by atoms with Gasteiger partial charge >= 0.3 is 18.5 Å². The Kier molecular flexibility index (Phi) is 9.50. The molecule has 0 unspecified atom stereocenters. The van der Waals surface area contributed by atoms with Gasteiger partial charge in [-0.2, -0.15) is 39.5 Å². The van der Waals surface area contributed by atoms with Crippen LogP contribution in [0.15, 0.2) is 47.6 Å². The van der Waals surface area contributed by atoms with E-state index in [1.54, 1.807) is 24.3 Å². The maximum absolute atomic E-state index is 15.1. The topological polar surface area (TPSA) is 106 Å². The van der Waals surface area contributed by atoms with Gasteiger partial charge in [0.1, 0.15) is 0 Å². The first-order valence-corrected chi connectivity index (χ1v) is 15.4. The van der Waals surface area contributed by atoms with E-state index in [1.807, 2.05) is 0 Å². The summed E-state index contributed by atoms with van der Waals surface area (Å²) in [7, 11) is 1.35. The van der Waals surface area contributed by atoms with Crippen LogP contribution >= 0.6 is 0 Å². The van der Waals surface area contributed by atoms with Gasteiger partial charge in [0.2, 0.25) is 17.8 Å². The van der Waals surface area contributed by atoms with E-state index >= 15 is 13.2 Å². The van der Waals surface area contributed by atoms with Crippen molar-refractivity contribution >= 4 is 23.5 Å². The Bertz CT molecular complexity index is 1580. The first-order chi connectivity index (χ1) is 22.7. The molecule has 1 aliphatic carbocycles. The lowest BCUT2D eigenvalue weighted by Crippen LogP contribution is -2.62. The summed E-state index contributed by atoms with van der Waals surface area (Å²) in [6.07, 6.45) is -15.7. The molecule has 18 heteroatoms. The van der Waals surface area contributed by atoms with Crippen LogP contribution in [0.4, 0.5) is 45.2 Å². The fourth-order valence-electron chi connectivity index (χ4n) is 7.26. The molecule has 5 rings (SSSR count). The summed E-state index contributed by atoms with van der Waals surface area (Å²) in [5, 5.41) is 9.11. The minimum Gasteiger partial charge on any atom is -0.370 e. The van der Waals surface area contributed by atoms with Crippen LogP contribution in [0.25, 0.3) is 0 Å². The van der Waals surface area contributed by atoms with Gasteiger partial charge in [-0.3, -0.25) is 14.6 Å². The molecule has 0 bridgehead atoms. The Balaban J connectivity index is 1.44. The normalized spacial score (nSPS) is 25.0. The van der Waals surface area contributed by atoms with E-state index in [0.29, 0.717) is 30.7 Å². The smallest absolute Gasteiger partial charge is 0.370 e. The molecular formula is C31H34F9N7O2. The minimum atomic E-state index is -5.09. The summed E-state index contributed by atoms with van der Waals surface area (Å²) < 4.78 is 126. The molecule has 2 aromatic carbocycles. The Labute approximate surface area is 275 Å². The number of para-hydroxylation sites is 1. The van der Waals surface area contributed by atoms with Crippen molar-refractivity contribution in [2.24, 2.45) is 28.1 Å². The lowest BCUT2D eigenvalue weighted by Gasteiger charge is -2.52. The van der Waals surface area contributed by atoms with Gasteiger partial charge < -0.3 is 16.0 Å². The summed E-state index contributed by atoms with van der Waals surface area (Å²) in [5.74, 6) is -5.54. The van der Waals surface area contributed by atoms with Crippen molar-refractivity contribution in [1.82, 2.24) is 21.0 Å². The van der Waals surface area contributed by atoms with Gasteiger partial charge in [0.15, 0.2) is 0 Å². The number of alkyl halides is 9. The monoisotopic (exact) mass is 707 g/mol. The standard InChI is InChI=1S/C31H34F9N7O2/c1-17-10-22(42-27-43-44-45(2)47(27)16-18-11-20(29(32,33)34)13-21(12-18)30(35,36)37)14-24(31(38,39)40)28(17,15-25(41)48)26(49)46-9-5-7-19-6-3-4-8-23(19)46/h3-4,6,8,11-13,17,22,24,44H,5,7,9-10,14-16H2,1-2H3,(H2,41,48)(H,42,43)/t17-,22-,24+,28-/m1/s1. The zero-order valence-electron chi connectivity index (χ0n) is 26.3. The van der Waals surface area contributed by atoms with Gasteiger partial charge in [0.25, 0.3) is 0 Å². The summed E-state index contributed by atoms with van der Waals surface area (Å²) in [5.41, 5.74) is 3.52. The first-order valence-electron chi connectivity index (χ1n) is 15.4. The van der Waals surface area contributed by atoms with Gasteiger partial charge in [0, 0.05) is 31.7 Å². The number of nitrogens with zero attached hydrogens (tertiary/aromatic N) is 4. The van der Waals surface area contributed by atoms with Crippen LogP contribution < -0.4 is 21.5 Å². The molecule has 49 heavy (non-hydrogen) atoms. The zero-order valence-corrected chi connectivity index (χ0v) is 26.3. The number of rotatable bonds is 6. The largest absolute Gasteiger partial charge is 0.416 e. The van der Waals surface area contributed by atoms with Crippen molar-refractivity contribution < 1.29 is 49.1 Å². The van der Waals surface area contributed by atoms with Crippen molar-refractivity contribution in [3.8, 4) is 0 Å². The van der Waals surface area contributed by atoms with Crippen LogP contribution in [-0.4, -0.2) is 53.7 Å². The Hall–Kier alpha value is -4.22. The van der Waals surface area contributed by atoms with E-state index in [-0.39, 0.29) is 25.0 Å². The number of nitrogens with two attached hydrogens (primary N) is 1. The number of anilines is 1. The number of fused-ring (bicyclic) bond motifs is 1. The Morgan fingerprint density at radius 3 is 2.22 bits per heavy atom. The van der Waals surface area contributed by atoms with E-state index in [9.17, 15) is 35.9 Å². The number of hydrogen-bond donors (Lipinski definition) is 3. The molecule has 4 atom stereocenters. The van der Waals surface area contributed by atoms with Crippen LogP contribution in [0.3, 0.4) is 0 Å². The van der Waals surface area contributed by atoms with Crippen LogP contribution in [0.5, 0.6) is 0 Å². The Morgan fingerprint density at radius 2 is 1.63 bits per heavy atom. The molecule has 1 saturated carbocycles. The molecule has 2 aromatic rings. The van der Waals surface area contributed by atoms with Crippen LogP contribution in [0.1, 0.15) is 54.9 Å². The third kappa shape index (κ3) is 7.23. The number of primary amides is 1. The van der Waals surface area contributed by atoms with Crippen molar-refractivity contribution in [2.75, 3.05) is 18.5 Å². The maximum Gasteiger partial charge on any atom is 0.416 e. The molecule has 3 aliphatic rings. The van der Waals surface area contributed by atoms with Crippen LogP contribution in [-0.2, 0) is 34.9 Å². The number of aryl methyl sites for hydroxylation is 1. The van der Waals surface area contributed by atoms with Crippen LogP contribution in [0.2, 0.25) is 0 Å². The number of hydrazine groups is 2. The van der Waals surface area contributed by atoms with E-state index in [1.165, 1.54) is 18.9 Å². The number of carbonyl (C=O) groups excluding carboxylic acids is 2. The second-order valence-corrected chi connectivity index (χ2v) is 12.7. The average Bonchev–Trinajstić information content (AvgIpc) is 3.33. The molecule has 2 aliphatic heterocycles. The zero-order chi connectivity index (χ0) is 36.1. The molecule has 268 valence electrons. The summed E-state index contributed by atoms with van der Waals surface area (Å²) >= 11 is 0. The fraction of sp³-hybridized carbons (Fsp3) is 0.516. The van der Waals surface area contributed by atoms with Crippen molar-refractivity contribution in [2.45, 2.75) is 70.1 Å². The number of amides is 2. The highest BCUT2D eigenvalue weighted by Gasteiger charge is 2.64. The average molecular weight is 708 g/mol. The SMILES string of the molecule is C[C@@H]1C[C@@H](NC2=NNN(C)N2Cc2cc(C(F)(F)F)cc(C(F)(F)F)c2)C[C@H](C(F)(F)F)[C@]1(CC(N)=O)C(=O)N1CCCc2ccccc21. The van der Waals surface area contributed by atoms with Gasteiger partial charge in [-0.15, -0.1) is 10.2 Å². The number of hydrogen-bond acceptors (Lipinski definition) is 7. The van der Waals surface area contributed by atoms with Gasteiger partial charge in [-0.05, 0) is 67.0 Å². The second-order valence-electron chi connectivity index (χ2n) is 12.7. The molecular weight excluding hydrogens is 673 g/mol. The molecule has 2 amide bonds. The fourth-order valence-corrected chi connectivity index (χ4v) is 7.26. The molecule has 0 aromatic heterocycles. The highest BCUT2D eigenvalue weighted by atomic mass is 19.4. The molecule has 0 saturated heterocycles. The van der Waals surface area contributed by atoms with E-state index in [2.05, 4.69) is 16.0 Å². The predicted molar refractivity (Wildman–Crippen MR) is 159 cm³/mol. The maximum atomic E-state index is 15.1. The summed E-state index contributed by atoms with van der Waals surface area (Å²) in [6, 6.07) is 6.89. The second kappa shape index (κ2) is 12.9. The number of hydrazone groups is 1. The number of carbonyl (C=O) groups is 2. The molecule has 0 spiro atoms. The Morgan fingerprint density at radius 1 is 1.00 bits per heavy atom. The molecule has 4 N–H and O–H groups in total. The predicted octanol–water partition coefficient (Wildman–Crippen LogP) is 5.57. The highest BCUT2D eigenvalue weighted by molar-refractivity contribution is 6.01. The molecule has 0 radical (unpaired) electrons. The lowest BCUT2D eigenvalue weighted by atomic mass is 9.56. The summed E-state index contributed by atoms with van der Waals surface area (Å²) in [6.45, 7) is 1.000. The molecule has 1 fully saturated rings. The first kappa shape index (κ1) is 36.1. The van der Waals surface area contributed by atoms with Gasteiger partial charge in [-0.1, -0.05) is 25.1 Å². The third-order valence-corrected chi connectivity index (χ3v) is 9.50. The number of halogens is 9. The number of nitrogens with one attached hydrogen (secondary N) is 2. The van der Waals surface area contributed by atoms with Crippen LogP contribution in [0, 0.1) is 17.3 Å². The van der Waals surface area contributed by atoms with Gasteiger partial charge in [0.05, 0.1) is 29.0 Å². The third-order valence-electron chi connectivity index (χ3n) is 9.50.